The van der Waals surface area contributed by atoms with E-state index in [9.17, 15) is 29.4 Å². The number of nitrogens with one attached hydrogen (secondary N) is 4. The molecule has 0 atom stereocenters. The fraction of sp³-hybridized carbons (Fsp3) is 0.167. The second-order valence-electron chi connectivity index (χ2n) is 11.4. The van der Waals surface area contributed by atoms with E-state index in [1.54, 1.807) is 72.8 Å². The molecule has 60 heavy (non-hydrogen) atoms. The van der Waals surface area contributed by atoms with Gasteiger partial charge in [-0.15, -0.1) is 0 Å². The van der Waals surface area contributed by atoms with Gasteiger partial charge in [-0.3, -0.25) is 9.59 Å². The van der Waals surface area contributed by atoms with Crippen molar-refractivity contribution < 1.29 is 136 Å². The Morgan fingerprint density at radius 1 is 0.417 bits per heavy atom. The molecule has 0 aliphatic rings. The molecule has 0 saturated heterocycles. The minimum absolute atomic E-state index is 0. The summed E-state index contributed by atoms with van der Waals surface area (Å²) in [6.07, 6.45) is 0. The maximum atomic E-state index is 12.8. The summed E-state index contributed by atoms with van der Waals surface area (Å²) in [5.41, 5.74) is 3.92. The van der Waals surface area contributed by atoms with Crippen LogP contribution in [0.25, 0.3) is 43.6 Å². The van der Waals surface area contributed by atoms with E-state index in [0.717, 1.165) is 11.0 Å². The Morgan fingerprint density at radius 2 is 0.717 bits per heavy atom. The number of carboxylic acids is 2. The Hall–Kier alpha value is -3.59. The first-order valence-electron chi connectivity index (χ1n) is 19.5. The van der Waals surface area contributed by atoms with E-state index in [-0.39, 0.29) is 150 Å². The average Bonchev–Trinajstić information content (AvgIpc) is 3.27. The van der Waals surface area contributed by atoms with Gasteiger partial charge in [0, 0.05) is 66.5 Å². The number of H-pyrrole nitrogens is 2. The number of hydrogen-bond donors (Lipinski definition) is 4. The van der Waals surface area contributed by atoms with Crippen LogP contribution in [0.5, 0.6) is 0 Å². The summed E-state index contributed by atoms with van der Waals surface area (Å²) in [4.78, 5) is 55.2. The van der Waals surface area contributed by atoms with E-state index in [1.165, 1.54) is 12.1 Å². The first-order chi connectivity index (χ1) is 28.3. The van der Waals surface area contributed by atoms with Crippen LogP contribution in [0.3, 0.4) is 0 Å². The number of aromatic carboxylic acids is 2. The van der Waals surface area contributed by atoms with Crippen molar-refractivity contribution in [3.8, 4) is 0 Å². The molecule has 0 aliphatic heterocycles. The molecule has 0 saturated carbocycles. The van der Waals surface area contributed by atoms with Crippen LogP contribution in [0, 0.1) is 0 Å². The molecule has 12 heteroatoms. The Morgan fingerprint density at radius 3 is 1.03 bits per heavy atom. The summed E-state index contributed by atoms with van der Waals surface area (Å²) in [6, 6.07) is 38.4. The second-order valence-corrected chi connectivity index (χ2v) is 11.4. The van der Waals surface area contributed by atoms with E-state index in [1.807, 2.05) is 104 Å². The van der Waals surface area contributed by atoms with Crippen molar-refractivity contribution in [1.82, 2.24) is 9.97 Å². The zero-order chi connectivity index (χ0) is 42.8. The molecule has 0 bridgehead atoms. The minimum Gasteiger partial charge on any atom is -0.545 e. The Labute approximate surface area is 448 Å². The van der Waals surface area contributed by atoms with Gasteiger partial charge in [-0.25, -0.2) is 0 Å². The van der Waals surface area contributed by atoms with Gasteiger partial charge in [-0.2, -0.15) is 0 Å². The zero-order valence-electron chi connectivity index (χ0n) is 36.2. The molecule has 8 rings (SSSR count). The molecule has 2 aromatic heterocycles. The molecule has 8 aromatic rings. The van der Waals surface area contributed by atoms with Crippen LogP contribution in [0.15, 0.2) is 143 Å². The molecular weight excluding hydrogens is 899 g/mol. The number of pyridine rings is 2. The number of para-hydroxylation sites is 4. The van der Waals surface area contributed by atoms with Crippen molar-refractivity contribution in [2.24, 2.45) is 0 Å². The van der Waals surface area contributed by atoms with E-state index in [2.05, 4.69) is 20.6 Å². The summed E-state index contributed by atoms with van der Waals surface area (Å²) in [5, 5.41) is 31.4. The van der Waals surface area contributed by atoms with Crippen molar-refractivity contribution in [2.45, 2.75) is 55.4 Å². The molecule has 300 valence electrons. The van der Waals surface area contributed by atoms with E-state index in [0.29, 0.717) is 44.0 Å². The number of carbonyl (C=O) groups excluding carboxylic acids is 2. The van der Waals surface area contributed by atoms with Gasteiger partial charge < -0.3 is 40.4 Å². The van der Waals surface area contributed by atoms with Gasteiger partial charge in [-0.05, 0) is 72.8 Å². The molecule has 0 unspecified atom stereocenters. The van der Waals surface area contributed by atoms with Gasteiger partial charge in [0.1, 0.15) is 0 Å². The average molecular weight is 950 g/mol. The molecule has 4 N–H and O–H groups in total. The summed E-state index contributed by atoms with van der Waals surface area (Å²) in [7, 11) is 0. The number of anilines is 4. The van der Waals surface area contributed by atoms with Gasteiger partial charge in [-0.1, -0.05) is 116 Å². The predicted octanol–water partition coefficient (Wildman–Crippen LogP) is 3.69. The van der Waals surface area contributed by atoms with Gasteiger partial charge in [0.05, 0.1) is 23.0 Å². The maximum absolute atomic E-state index is 12.8. The van der Waals surface area contributed by atoms with Gasteiger partial charge in [0.2, 0.25) is 0 Å². The van der Waals surface area contributed by atoms with Crippen LogP contribution in [0.4, 0.5) is 22.7 Å². The van der Waals surface area contributed by atoms with E-state index in [4.69, 9.17) is 0 Å². The Kier molecular flexibility index (Phi) is 25.5. The fourth-order valence-electron chi connectivity index (χ4n) is 5.84. The third-order valence-electron chi connectivity index (χ3n) is 8.23. The number of benzene rings is 6. The van der Waals surface area contributed by atoms with Crippen LogP contribution in [0.2, 0.25) is 0 Å². The number of aromatic nitrogens is 2. The van der Waals surface area contributed by atoms with Crippen molar-refractivity contribution in [1.29, 1.82) is 0 Å². The van der Waals surface area contributed by atoms with Gasteiger partial charge in [0.25, 0.3) is 0 Å². The molecule has 0 fully saturated rings. The molecular formula is C48H50N4O6Rb2. The van der Waals surface area contributed by atoms with Crippen LogP contribution in [-0.4, -0.2) is 21.9 Å². The third-order valence-corrected chi connectivity index (χ3v) is 8.23. The molecule has 0 amide bonds. The summed E-state index contributed by atoms with van der Waals surface area (Å²) < 4.78 is 0. The monoisotopic (exact) mass is 948 g/mol. The van der Waals surface area contributed by atoms with E-state index < -0.39 is 11.9 Å². The molecule has 0 radical (unpaired) electrons. The largest absolute Gasteiger partial charge is 1.00 e. The SMILES string of the molecule is CC.CC.CC.CC.O=C([O-])c1cc(Nc2ccccc2)c(C(=O)[O-])cc1Nc1ccccc1.O=c1c2ccccc2[nH]c2cc3c(=O)c4ccccc4[nH]c3cc12.[Rb+].[Rb+]. The topological polar surface area (TPSA) is 170 Å². The van der Waals surface area contributed by atoms with Crippen LogP contribution in [0.1, 0.15) is 76.1 Å². The molecule has 0 spiro atoms. The second kappa shape index (κ2) is 28.1. The maximum Gasteiger partial charge on any atom is 1.00 e. The predicted molar refractivity (Wildman–Crippen MR) is 238 cm³/mol. The van der Waals surface area contributed by atoms with Crippen LogP contribution in [-0.2, 0) is 0 Å². The first-order valence-corrected chi connectivity index (χ1v) is 19.5. The number of fused-ring (bicyclic) bond motifs is 4. The number of carbonyl (C=O) groups is 2. The summed E-state index contributed by atoms with van der Waals surface area (Å²) >= 11 is 0. The molecule has 0 aliphatic carbocycles. The minimum atomic E-state index is -1.43. The van der Waals surface area contributed by atoms with Crippen LogP contribution >= 0.6 is 0 Å². The first kappa shape index (κ1) is 54.4. The molecule has 10 nitrogen and oxygen atoms in total. The standard InChI is InChI=1S/C20H16N2O4.C20H12N2O2.4C2H6.2Rb/c23-19(24)15-12-18(22-14-9-5-2-6-10-14)16(20(25)26)11-17(15)21-13-7-3-1-4-8-13;23-19-11-5-1-3-7-15(11)21-17-10-14-18(9-13(17)19)22-16-8-4-2-6-12(16)20(14)24;4*1-2;;/h1-12,21-22H,(H,23,24)(H,25,26);1-10H,(H,21,23)(H,22,24);4*1-2H3;;/q;;;;;;2*+1/p-2. The molecule has 2 heterocycles. The number of rotatable bonds is 6. The fourth-order valence-corrected chi connectivity index (χ4v) is 5.84. The Balaban J connectivity index is 0.000000501. The van der Waals surface area contributed by atoms with Crippen LogP contribution < -0.4 is 148 Å². The van der Waals surface area contributed by atoms with Gasteiger partial charge in [0.15, 0.2) is 10.9 Å². The van der Waals surface area contributed by atoms with Gasteiger partial charge >= 0.3 is 116 Å². The number of hydrogen-bond acceptors (Lipinski definition) is 8. The summed E-state index contributed by atoms with van der Waals surface area (Å²) in [6.45, 7) is 16.0. The van der Waals surface area contributed by atoms with Crippen molar-refractivity contribution in [3.63, 3.8) is 0 Å². The quantitative estimate of drug-likeness (QED) is 0.183. The normalized spacial score (nSPS) is 9.47. The zero-order valence-corrected chi connectivity index (χ0v) is 46.0. The summed E-state index contributed by atoms with van der Waals surface area (Å²) in [5.74, 6) is -2.85. The number of aromatic amines is 2. The van der Waals surface area contributed by atoms with Crippen molar-refractivity contribution in [2.75, 3.05) is 10.6 Å². The third kappa shape index (κ3) is 13.7. The molecule has 6 aromatic carbocycles. The number of carboxylic acid groups (broad SMARTS) is 2. The van der Waals surface area contributed by atoms with Crippen molar-refractivity contribution in [3.05, 3.63) is 165 Å². The Bertz CT molecular complexity index is 2530. The van der Waals surface area contributed by atoms with E-state index >= 15 is 0 Å². The van der Waals surface area contributed by atoms with Crippen molar-refractivity contribution >= 4 is 78.3 Å². The smallest absolute Gasteiger partial charge is 0.545 e.